The van der Waals surface area contributed by atoms with E-state index in [1.165, 1.54) is 50.7 Å². The molecule has 1 amide bonds. The molecule has 1 aliphatic carbocycles. The third kappa shape index (κ3) is 5.47. The SMILES string of the molecule is C=C1CC(=O)/C(=C\c2ccc(OCCCCC3CCCCC3)c(O)c2)C(=O)N1. The number of amides is 1. The number of phenols is 1. The predicted octanol–water partition coefficient (Wildman–Crippen LogP) is 4.51. The number of nitrogens with one attached hydrogen (secondary N) is 1. The van der Waals surface area contributed by atoms with Gasteiger partial charge in [-0.1, -0.05) is 51.2 Å². The first-order valence-electron chi connectivity index (χ1n) is 10.2. The number of hydrogen-bond acceptors (Lipinski definition) is 4. The van der Waals surface area contributed by atoms with E-state index in [2.05, 4.69) is 11.9 Å². The fraction of sp³-hybridized carbons (Fsp3) is 0.478. The van der Waals surface area contributed by atoms with E-state index in [9.17, 15) is 14.7 Å². The quantitative estimate of drug-likeness (QED) is 0.413. The smallest absolute Gasteiger partial charge is 0.259 e. The number of hydrogen-bond donors (Lipinski definition) is 2. The molecule has 2 N–H and O–H groups in total. The third-order valence-corrected chi connectivity index (χ3v) is 5.49. The van der Waals surface area contributed by atoms with Crippen molar-refractivity contribution in [1.82, 2.24) is 5.32 Å². The van der Waals surface area contributed by atoms with Crippen molar-refractivity contribution in [2.24, 2.45) is 5.92 Å². The van der Waals surface area contributed by atoms with Crippen LogP contribution in [-0.2, 0) is 9.59 Å². The number of Topliss-reactive ketones (excluding diaryl/α,β-unsaturated/α-hetero) is 1. The number of unbranched alkanes of at least 4 members (excludes halogenated alkanes) is 1. The Bertz CT molecular complexity index is 753. The van der Waals surface area contributed by atoms with Gasteiger partial charge in [0.2, 0.25) is 0 Å². The molecule has 1 heterocycles. The summed E-state index contributed by atoms with van der Waals surface area (Å²) in [5.41, 5.74) is 1.05. The predicted molar refractivity (Wildman–Crippen MR) is 109 cm³/mol. The van der Waals surface area contributed by atoms with Crippen LogP contribution in [0.5, 0.6) is 11.5 Å². The minimum Gasteiger partial charge on any atom is -0.504 e. The standard InChI is InChI=1S/C23H29NO4/c1-16-13-20(25)19(23(27)24-16)14-18-10-11-22(21(26)15-18)28-12-6-5-9-17-7-3-2-4-8-17/h10-11,14-15,17,26H,1-9,12-13H2,(H,24,27)/b19-14+. The first-order valence-corrected chi connectivity index (χ1v) is 10.2. The van der Waals surface area contributed by atoms with Gasteiger partial charge in [-0.3, -0.25) is 9.59 Å². The van der Waals surface area contributed by atoms with Gasteiger partial charge in [0.1, 0.15) is 0 Å². The molecule has 0 atom stereocenters. The number of aromatic hydroxyl groups is 1. The first-order chi connectivity index (χ1) is 13.5. The molecule has 2 aliphatic rings. The molecule has 0 aromatic heterocycles. The lowest BCUT2D eigenvalue weighted by molar-refractivity contribution is -0.123. The normalized spacial score (nSPS) is 19.7. The lowest BCUT2D eigenvalue weighted by Gasteiger charge is -2.21. The van der Waals surface area contributed by atoms with Crippen LogP contribution in [0.25, 0.3) is 6.08 Å². The lowest BCUT2D eigenvalue weighted by Crippen LogP contribution is -2.34. The number of rotatable bonds is 7. The molecule has 0 spiro atoms. The second-order valence-electron chi connectivity index (χ2n) is 7.79. The van der Waals surface area contributed by atoms with E-state index in [-0.39, 0.29) is 23.5 Å². The van der Waals surface area contributed by atoms with Crippen molar-refractivity contribution in [2.75, 3.05) is 6.61 Å². The maximum absolute atomic E-state index is 12.0. The van der Waals surface area contributed by atoms with Gasteiger partial charge in [-0.15, -0.1) is 0 Å². The maximum atomic E-state index is 12.0. The van der Waals surface area contributed by atoms with Crippen molar-refractivity contribution in [1.29, 1.82) is 0 Å². The van der Waals surface area contributed by atoms with Gasteiger partial charge in [0.05, 0.1) is 18.6 Å². The zero-order valence-corrected chi connectivity index (χ0v) is 16.3. The van der Waals surface area contributed by atoms with Crippen molar-refractivity contribution in [3.05, 3.63) is 41.6 Å². The van der Waals surface area contributed by atoms with E-state index in [1.54, 1.807) is 12.1 Å². The third-order valence-electron chi connectivity index (χ3n) is 5.49. The van der Waals surface area contributed by atoms with Crippen LogP contribution in [0.4, 0.5) is 0 Å². The molecule has 150 valence electrons. The van der Waals surface area contributed by atoms with Gasteiger partial charge in [0.15, 0.2) is 17.3 Å². The average Bonchev–Trinajstić information content (AvgIpc) is 2.66. The lowest BCUT2D eigenvalue weighted by atomic mass is 9.86. The summed E-state index contributed by atoms with van der Waals surface area (Å²) in [6.07, 6.45) is 11.9. The summed E-state index contributed by atoms with van der Waals surface area (Å²) in [5.74, 6) is 0.583. The molecule has 1 aromatic rings. The van der Waals surface area contributed by atoms with Gasteiger partial charge in [-0.2, -0.15) is 0 Å². The van der Waals surface area contributed by atoms with Crippen LogP contribution in [0.1, 0.15) is 63.4 Å². The summed E-state index contributed by atoms with van der Waals surface area (Å²) in [6.45, 7) is 4.19. The molecule has 1 aromatic carbocycles. The Kier molecular flexibility index (Phi) is 6.90. The maximum Gasteiger partial charge on any atom is 0.259 e. The highest BCUT2D eigenvalue weighted by Gasteiger charge is 2.25. The number of phenolic OH excluding ortho intramolecular Hbond substituents is 1. The fourth-order valence-corrected chi connectivity index (χ4v) is 3.94. The number of piperidine rings is 1. The molecule has 5 nitrogen and oxygen atoms in total. The molecule has 28 heavy (non-hydrogen) atoms. The van der Waals surface area contributed by atoms with Crippen LogP contribution in [0, 0.1) is 5.92 Å². The molecule has 0 radical (unpaired) electrons. The first kappa shape index (κ1) is 20.2. The van der Waals surface area contributed by atoms with Crippen LogP contribution in [0.3, 0.4) is 0 Å². The van der Waals surface area contributed by atoms with E-state index in [4.69, 9.17) is 4.74 Å². The van der Waals surface area contributed by atoms with Crippen LogP contribution < -0.4 is 10.1 Å². The molecule has 1 saturated heterocycles. The molecule has 3 rings (SSSR count). The summed E-state index contributed by atoms with van der Waals surface area (Å²) in [5, 5.41) is 12.8. The van der Waals surface area contributed by atoms with Crippen molar-refractivity contribution >= 4 is 17.8 Å². The van der Waals surface area contributed by atoms with Gasteiger partial charge >= 0.3 is 0 Å². The Hall–Kier alpha value is -2.56. The van der Waals surface area contributed by atoms with E-state index < -0.39 is 5.91 Å². The molecule has 1 saturated carbocycles. The van der Waals surface area contributed by atoms with E-state index in [0.29, 0.717) is 23.6 Å². The van der Waals surface area contributed by atoms with Crippen LogP contribution in [0.15, 0.2) is 36.0 Å². The highest BCUT2D eigenvalue weighted by Crippen LogP contribution is 2.30. The average molecular weight is 383 g/mol. The Morgan fingerprint density at radius 3 is 2.68 bits per heavy atom. The number of allylic oxidation sites excluding steroid dienone is 1. The monoisotopic (exact) mass is 383 g/mol. The minimum atomic E-state index is -0.459. The minimum absolute atomic E-state index is 0.00899. The van der Waals surface area contributed by atoms with Crippen LogP contribution in [0.2, 0.25) is 0 Å². The molecular weight excluding hydrogens is 354 g/mol. The Morgan fingerprint density at radius 2 is 1.96 bits per heavy atom. The topological polar surface area (TPSA) is 75.6 Å². The summed E-state index contributed by atoms with van der Waals surface area (Å²) in [4.78, 5) is 24.0. The largest absolute Gasteiger partial charge is 0.504 e. The summed E-state index contributed by atoms with van der Waals surface area (Å²) in [6, 6.07) is 4.91. The highest BCUT2D eigenvalue weighted by molar-refractivity contribution is 6.25. The molecule has 0 bridgehead atoms. The summed E-state index contributed by atoms with van der Waals surface area (Å²) in [7, 11) is 0. The number of benzene rings is 1. The van der Waals surface area contributed by atoms with Crippen molar-refractivity contribution < 1.29 is 19.4 Å². The van der Waals surface area contributed by atoms with Crippen LogP contribution >= 0.6 is 0 Å². The summed E-state index contributed by atoms with van der Waals surface area (Å²) >= 11 is 0. The van der Waals surface area contributed by atoms with Crippen molar-refractivity contribution in [3.63, 3.8) is 0 Å². The number of carbonyl (C=O) groups is 2. The van der Waals surface area contributed by atoms with Gasteiger partial charge in [0.25, 0.3) is 5.91 Å². The van der Waals surface area contributed by atoms with Gasteiger partial charge in [-0.25, -0.2) is 0 Å². The molecule has 5 heteroatoms. The number of carbonyl (C=O) groups excluding carboxylic acids is 2. The Morgan fingerprint density at radius 1 is 1.18 bits per heavy atom. The Labute approximate surface area is 166 Å². The summed E-state index contributed by atoms with van der Waals surface area (Å²) < 4.78 is 5.70. The van der Waals surface area contributed by atoms with Crippen molar-refractivity contribution in [3.8, 4) is 11.5 Å². The van der Waals surface area contributed by atoms with E-state index in [0.717, 1.165) is 18.8 Å². The van der Waals surface area contributed by atoms with Gasteiger partial charge in [0, 0.05) is 5.70 Å². The number of ketones is 1. The van der Waals surface area contributed by atoms with E-state index >= 15 is 0 Å². The Balaban J connectivity index is 1.49. The molecular formula is C23H29NO4. The van der Waals surface area contributed by atoms with Crippen LogP contribution in [-0.4, -0.2) is 23.4 Å². The highest BCUT2D eigenvalue weighted by atomic mass is 16.5. The molecule has 0 unspecified atom stereocenters. The van der Waals surface area contributed by atoms with Gasteiger partial charge in [-0.05, 0) is 42.5 Å². The second-order valence-corrected chi connectivity index (χ2v) is 7.79. The molecule has 1 aliphatic heterocycles. The fourth-order valence-electron chi connectivity index (χ4n) is 3.94. The zero-order valence-electron chi connectivity index (χ0n) is 16.3. The number of ether oxygens (including phenoxy) is 1. The van der Waals surface area contributed by atoms with E-state index in [1.807, 2.05) is 0 Å². The second kappa shape index (κ2) is 9.58. The molecule has 2 fully saturated rings. The van der Waals surface area contributed by atoms with Crippen molar-refractivity contribution in [2.45, 2.75) is 57.8 Å². The van der Waals surface area contributed by atoms with Gasteiger partial charge < -0.3 is 15.2 Å². The zero-order chi connectivity index (χ0) is 19.9.